The number of nitrogens with one attached hydrogen (secondary N) is 1. The van der Waals surface area contributed by atoms with Crippen molar-refractivity contribution < 1.29 is 4.39 Å². The summed E-state index contributed by atoms with van der Waals surface area (Å²) in [4.78, 5) is 0. The minimum Gasteiger partial charge on any atom is -0.314 e. The normalized spacial score (nSPS) is 17.3. The molecule has 0 amide bonds. The van der Waals surface area contributed by atoms with Crippen LogP contribution >= 0.6 is 11.6 Å². The highest BCUT2D eigenvalue weighted by molar-refractivity contribution is 6.30. The maximum Gasteiger partial charge on any atom is 0.141 e. The van der Waals surface area contributed by atoms with Crippen molar-refractivity contribution in [2.24, 2.45) is 5.92 Å². The van der Waals surface area contributed by atoms with Crippen LogP contribution in [0, 0.1) is 11.7 Å². The average molecular weight is 312 g/mol. The monoisotopic (exact) mass is 311 g/mol. The van der Waals surface area contributed by atoms with Crippen molar-refractivity contribution in [1.82, 2.24) is 5.32 Å². The van der Waals surface area contributed by atoms with Gasteiger partial charge in [0.1, 0.15) is 5.82 Å². The Labute approximate surface area is 133 Å². The van der Waals surface area contributed by atoms with E-state index in [1.165, 1.54) is 44.6 Å². The van der Waals surface area contributed by atoms with E-state index in [-0.39, 0.29) is 10.8 Å². The summed E-state index contributed by atoms with van der Waals surface area (Å²) in [6.45, 7) is 3.24. The molecule has 1 unspecified atom stereocenters. The zero-order valence-corrected chi connectivity index (χ0v) is 13.8. The van der Waals surface area contributed by atoms with Crippen LogP contribution in [0.4, 0.5) is 4.39 Å². The van der Waals surface area contributed by atoms with E-state index in [0.717, 1.165) is 30.9 Å². The number of halogens is 2. The molecule has 0 heterocycles. The summed E-state index contributed by atoms with van der Waals surface area (Å²) in [5, 5.41) is 3.87. The maximum absolute atomic E-state index is 13.2. The summed E-state index contributed by atoms with van der Waals surface area (Å²) in [6, 6.07) is 5.59. The van der Waals surface area contributed by atoms with Gasteiger partial charge in [0, 0.05) is 6.04 Å². The van der Waals surface area contributed by atoms with Crippen LogP contribution in [0.5, 0.6) is 0 Å². The van der Waals surface area contributed by atoms with E-state index < -0.39 is 0 Å². The van der Waals surface area contributed by atoms with E-state index >= 15 is 0 Å². The lowest BCUT2D eigenvalue weighted by atomic mass is 9.95. The van der Waals surface area contributed by atoms with Crippen LogP contribution < -0.4 is 5.32 Å². The second-order valence-corrected chi connectivity index (χ2v) is 6.74. The molecule has 1 nitrogen and oxygen atoms in total. The molecule has 3 heteroatoms. The van der Waals surface area contributed by atoms with Gasteiger partial charge < -0.3 is 5.32 Å². The van der Waals surface area contributed by atoms with Crippen LogP contribution in [0.15, 0.2) is 18.2 Å². The molecule has 21 heavy (non-hydrogen) atoms. The molecule has 1 saturated carbocycles. The Morgan fingerprint density at radius 3 is 2.76 bits per heavy atom. The molecule has 0 aromatic heterocycles. The van der Waals surface area contributed by atoms with Gasteiger partial charge in [-0.1, -0.05) is 50.3 Å². The molecule has 0 aliphatic heterocycles. The van der Waals surface area contributed by atoms with Gasteiger partial charge in [-0.05, 0) is 55.8 Å². The Morgan fingerprint density at radius 2 is 2.10 bits per heavy atom. The van der Waals surface area contributed by atoms with E-state index in [1.54, 1.807) is 6.07 Å². The summed E-state index contributed by atoms with van der Waals surface area (Å²) >= 11 is 5.89. The van der Waals surface area contributed by atoms with Crippen LogP contribution in [-0.4, -0.2) is 12.6 Å². The van der Waals surface area contributed by atoms with E-state index in [4.69, 9.17) is 11.6 Å². The predicted molar refractivity (Wildman–Crippen MR) is 88.4 cm³/mol. The van der Waals surface area contributed by atoms with Crippen molar-refractivity contribution in [2.45, 2.75) is 64.3 Å². The first-order valence-corrected chi connectivity index (χ1v) is 8.74. The molecule has 1 aromatic carbocycles. The zero-order valence-electron chi connectivity index (χ0n) is 13.0. The van der Waals surface area contributed by atoms with Crippen molar-refractivity contribution >= 4 is 11.6 Å². The Bertz CT molecular complexity index is 429. The third-order valence-electron chi connectivity index (χ3n) is 4.55. The fourth-order valence-corrected chi connectivity index (χ4v) is 3.51. The lowest BCUT2D eigenvalue weighted by Gasteiger charge is -2.20. The van der Waals surface area contributed by atoms with Crippen molar-refractivity contribution in [3.8, 4) is 0 Å². The van der Waals surface area contributed by atoms with E-state index in [9.17, 15) is 4.39 Å². The molecule has 2 rings (SSSR count). The first-order valence-electron chi connectivity index (χ1n) is 8.36. The third-order valence-corrected chi connectivity index (χ3v) is 4.84. The smallest absolute Gasteiger partial charge is 0.141 e. The van der Waals surface area contributed by atoms with Crippen molar-refractivity contribution in [3.63, 3.8) is 0 Å². The molecular formula is C18H27ClFN. The summed E-state index contributed by atoms with van der Waals surface area (Å²) in [7, 11) is 0. The third kappa shape index (κ3) is 5.60. The fourth-order valence-electron chi connectivity index (χ4n) is 3.31. The van der Waals surface area contributed by atoms with Gasteiger partial charge in [-0.3, -0.25) is 0 Å². The van der Waals surface area contributed by atoms with E-state index in [2.05, 4.69) is 12.2 Å². The molecule has 1 fully saturated rings. The standard InChI is InChI=1S/C18H27ClFN/c1-2-11-21-16(9-7-14-5-3-4-6-14)12-15-8-10-18(20)17(19)13-15/h8,10,13-14,16,21H,2-7,9,11-12H2,1H3. The highest BCUT2D eigenvalue weighted by atomic mass is 35.5. The van der Waals surface area contributed by atoms with Crippen molar-refractivity contribution in [3.05, 3.63) is 34.6 Å². The van der Waals surface area contributed by atoms with Gasteiger partial charge in [-0.25, -0.2) is 4.39 Å². The average Bonchev–Trinajstić information content (AvgIpc) is 2.99. The van der Waals surface area contributed by atoms with Gasteiger partial charge in [0.25, 0.3) is 0 Å². The van der Waals surface area contributed by atoms with Crippen LogP contribution in [0.25, 0.3) is 0 Å². The summed E-state index contributed by atoms with van der Waals surface area (Å²) < 4.78 is 13.2. The molecule has 0 bridgehead atoms. The Morgan fingerprint density at radius 1 is 1.33 bits per heavy atom. The molecular weight excluding hydrogens is 285 g/mol. The second-order valence-electron chi connectivity index (χ2n) is 6.33. The zero-order chi connectivity index (χ0) is 15.1. The minimum atomic E-state index is -0.329. The van der Waals surface area contributed by atoms with Gasteiger partial charge >= 0.3 is 0 Å². The maximum atomic E-state index is 13.2. The molecule has 0 radical (unpaired) electrons. The highest BCUT2D eigenvalue weighted by Crippen LogP contribution is 2.29. The Balaban J connectivity index is 1.89. The topological polar surface area (TPSA) is 12.0 Å². The van der Waals surface area contributed by atoms with Crippen LogP contribution in [-0.2, 0) is 6.42 Å². The summed E-state index contributed by atoms with van der Waals surface area (Å²) in [5.74, 6) is 0.595. The Kier molecular flexibility index (Phi) is 6.98. The van der Waals surface area contributed by atoms with E-state index in [1.807, 2.05) is 6.07 Å². The first-order chi connectivity index (χ1) is 10.2. The fraction of sp³-hybridized carbons (Fsp3) is 0.667. The largest absolute Gasteiger partial charge is 0.314 e. The molecule has 0 spiro atoms. The second kappa shape index (κ2) is 8.75. The van der Waals surface area contributed by atoms with Gasteiger partial charge in [-0.2, -0.15) is 0 Å². The van der Waals surface area contributed by atoms with Crippen molar-refractivity contribution in [2.75, 3.05) is 6.54 Å². The Hall–Kier alpha value is -0.600. The van der Waals surface area contributed by atoms with Crippen LogP contribution in [0.1, 0.15) is 57.4 Å². The van der Waals surface area contributed by atoms with Crippen LogP contribution in [0.2, 0.25) is 5.02 Å². The molecule has 1 aliphatic rings. The molecule has 1 aromatic rings. The molecule has 1 N–H and O–H groups in total. The number of hydrogen-bond donors (Lipinski definition) is 1. The molecule has 118 valence electrons. The van der Waals surface area contributed by atoms with Gasteiger partial charge in [0.2, 0.25) is 0 Å². The van der Waals surface area contributed by atoms with Crippen LogP contribution in [0.3, 0.4) is 0 Å². The predicted octanol–water partition coefficient (Wildman–Crippen LogP) is 5.36. The first kappa shape index (κ1) is 16.8. The summed E-state index contributed by atoms with van der Waals surface area (Å²) in [5.41, 5.74) is 1.13. The number of benzene rings is 1. The molecule has 0 saturated heterocycles. The lowest BCUT2D eigenvalue weighted by Crippen LogP contribution is -2.32. The number of rotatable bonds is 8. The van der Waals surface area contributed by atoms with E-state index in [0.29, 0.717) is 6.04 Å². The number of hydrogen-bond acceptors (Lipinski definition) is 1. The molecule has 1 atom stereocenters. The summed E-state index contributed by atoms with van der Waals surface area (Å²) in [6.07, 6.45) is 10.2. The van der Waals surface area contributed by atoms with Gasteiger partial charge in [0.05, 0.1) is 5.02 Å². The van der Waals surface area contributed by atoms with Gasteiger partial charge in [-0.15, -0.1) is 0 Å². The van der Waals surface area contributed by atoms with Crippen molar-refractivity contribution in [1.29, 1.82) is 0 Å². The van der Waals surface area contributed by atoms with Gasteiger partial charge in [0.15, 0.2) is 0 Å². The lowest BCUT2D eigenvalue weighted by molar-refractivity contribution is 0.402. The quantitative estimate of drug-likeness (QED) is 0.681. The minimum absolute atomic E-state index is 0.234. The SMILES string of the molecule is CCCNC(CCC1CCCC1)Cc1ccc(F)c(Cl)c1. The highest BCUT2D eigenvalue weighted by Gasteiger charge is 2.17. The molecule has 1 aliphatic carbocycles.